The van der Waals surface area contributed by atoms with Crippen molar-refractivity contribution in [1.82, 2.24) is 10.3 Å². The molecule has 0 saturated carbocycles. The van der Waals surface area contributed by atoms with Crippen LogP contribution in [0.15, 0.2) is 34.8 Å². The van der Waals surface area contributed by atoms with Crippen molar-refractivity contribution in [2.75, 3.05) is 18.0 Å². The molecule has 21 heavy (non-hydrogen) atoms. The summed E-state index contributed by atoms with van der Waals surface area (Å²) < 4.78 is 1.01. The lowest BCUT2D eigenvalue weighted by molar-refractivity contribution is -0.119. The zero-order valence-corrected chi connectivity index (χ0v) is 13.6. The van der Waals surface area contributed by atoms with Crippen LogP contribution < -0.4 is 10.2 Å². The summed E-state index contributed by atoms with van der Waals surface area (Å²) in [6, 6.07) is 10.5. The lowest BCUT2D eigenvalue weighted by Gasteiger charge is -2.33. The first-order valence-corrected chi connectivity index (χ1v) is 8.00. The van der Waals surface area contributed by atoms with Gasteiger partial charge in [0.05, 0.1) is 5.52 Å². The number of carbonyl (C=O) groups excluding carboxylic acids is 1. The van der Waals surface area contributed by atoms with E-state index >= 15 is 0 Å². The molecule has 1 aromatic heterocycles. The number of pyridine rings is 1. The summed E-state index contributed by atoms with van der Waals surface area (Å²) in [6.45, 7) is 3.38. The largest absolute Gasteiger partial charge is 0.355 e. The fourth-order valence-electron chi connectivity index (χ4n) is 2.87. The molecule has 110 valence electrons. The summed E-state index contributed by atoms with van der Waals surface area (Å²) in [6.07, 6.45) is 2.11. The molecule has 1 saturated heterocycles. The first-order valence-electron chi connectivity index (χ1n) is 7.21. The summed E-state index contributed by atoms with van der Waals surface area (Å²) in [5, 5.41) is 4.14. The number of halogens is 1. The van der Waals surface area contributed by atoms with Gasteiger partial charge in [-0.15, -0.1) is 0 Å². The minimum absolute atomic E-state index is 0.0380. The summed E-state index contributed by atoms with van der Waals surface area (Å²) >= 11 is 3.56. The molecule has 5 heteroatoms. The first kappa shape index (κ1) is 14.3. The zero-order chi connectivity index (χ0) is 14.8. The maximum absolute atomic E-state index is 11.2. The van der Waals surface area contributed by atoms with Crippen molar-refractivity contribution in [2.45, 2.75) is 25.8 Å². The minimum atomic E-state index is 0.0380. The summed E-state index contributed by atoms with van der Waals surface area (Å²) in [5.41, 5.74) is 0.983. The average molecular weight is 348 g/mol. The second-order valence-corrected chi connectivity index (χ2v) is 6.32. The predicted octanol–water partition coefficient (Wildman–Crippen LogP) is 3.10. The Morgan fingerprint density at radius 1 is 1.38 bits per heavy atom. The average Bonchev–Trinajstić information content (AvgIpc) is 2.47. The van der Waals surface area contributed by atoms with Crippen molar-refractivity contribution in [2.24, 2.45) is 0 Å². The maximum Gasteiger partial charge on any atom is 0.217 e. The van der Waals surface area contributed by atoms with Gasteiger partial charge in [0.1, 0.15) is 5.82 Å². The Kier molecular flexibility index (Phi) is 4.10. The molecule has 4 nitrogen and oxygen atoms in total. The minimum Gasteiger partial charge on any atom is -0.355 e. The van der Waals surface area contributed by atoms with E-state index in [1.807, 2.05) is 12.1 Å². The molecule has 2 heterocycles. The first-order chi connectivity index (χ1) is 10.1. The molecule has 0 aliphatic carbocycles. The van der Waals surface area contributed by atoms with E-state index in [0.29, 0.717) is 0 Å². The normalized spacial score (nSPS) is 18.8. The van der Waals surface area contributed by atoms with Gasteiger partial charge in [-0.05, 0) is 47.0 Å². The van der Waals surface area contributed by atoms with Crippen LogP contribution in [0.4, 0.5) is 5.82 Å². The maximum atomic E-state index is 11.2. The molecular formula is C16H18BrN3O. The van der Waals surface area contributed by atoms with Gasteiger partial charge < -0.3 is 10.2 Å². The Hall–Kier alpha value is -1.62. The van der Waals surface area contributed by atoms with Crippen molar-refractivity contribution >= 4 is 38.6 Å². The zero-order valence-electron chi connectivity index (χ0n) is 12.0. The standard InChI is InChI=1S/C16H18BrN3O/c1-11(21)18-13-5-3-9-20(10-13)15-8-7-12-4-2-6-14(17)16(12)19-15/h2,4,6-8,13H,3,5,9-10H2,1H3,(H,18,21). The third kappa shape index (κ3) is 3.18. The summed E-state index contributed by atoms with van der Waals surface area (Å²) in [5.74, 6) is 1.01. The molecular weight excluding hydrogens is 330 g/mol. The number of anilines is 1. The van der Waals surface area contributed by atoms with E-state index in [0.717, 1.165) is 47.1 Å². The topological polar surface area (TPSA) is 45.2 Å². The molecule has 0 spiro atoms. The fourth-order valence-corrected chi connectivity index (χ4v) is 3.34. The van der Waals surface area contributed by atoms with E-state index in [1.54, 1.807) is 6.92 Å². The molecule has 1 atom stereocenters. The van der Waals surface area contributed by atoms with Crippen molar-refractivity contribution in [3.63, 3.8) is 0 Å². The van der Waals surface area contributed by atoms with Crippen LogP contribution in [0.25, 0.3) is 10.9 Å². The number of rotatable bonds is 2. The monoisotopic (exact) mass is 347 g/mol. The summed E-state index contributed by atoms with van der Waals surface area (Å²) in [4.78, 5) is 18.3. The van der Waals surface area contributed by atoms with Gasteiger partial charge in [0.25, 0.3) is 0 Å². The number of amides is 1. The molecule has 1 amide bonds. The number of carbonyl (C=O) groups is 1. The van der Waals surface area contributed by atoms with E-state index < -0.39 is 0 Å². The van der Waals surface area contributed by atoms with E-state index in [4.69, 9.17) is 4.98 Å². The van der Waals surface area contributed by atoms with Gasteiger partial charge in [-0.3, -0.25) is 4.79 Å². The van der Waals surface area contributed by atoms with Gasteiger partial charge in [-0.2, -0.15) is 0 Å². The fraction of sp³-hybridized carbons (Fsp3) is 0.375. The Labute approximate surface area is 132 Å². The number of nitrogens with zero attached hydrogens (tertiary/aromatic N) is 2. The molecule has 0 radical (unpaired) electrons. The Bertz CT molecular complexity index is 674. The smallest absolute Gasteiger partial charge is 0.217 e. The Morgan fingerprint density at radius 2 is 2.24 bits per heavy atom. The third-order valence-electron chi connectivity index (χ3n) is 3.81. The van der Waals surface area contributed by atoms with Crippen molar-refractivity contribution in [3.8, 4) is 0 Å². The van der Waals surface area contributed by atoms with Gasteiger partial charge >= 0.3 is 0 Å². The number of benzene rings is 1. The molecule has 1 aliphatic rings. The second-order valence-electron chi connectivity index (χ2n) is 5.47. The number of aromatic nitrogens is 1. The van der Waals surface area contributed by atoms with Gasteiger partial charge in [-0.1, -0.05) is 12.1 Å². The van der Waals surface area contributed by atoms with Gasteiger partial charge in [0.2, 0.25) is 5.91 Å². The number of piperidine rings is 1. The molecule has 1 aromatic carbocycles. The van der Waals surface area contributed by atoms with Crippen LogP contribution in [0.1, 0.15) is 19.8 Å². The number of hydrogen-bond donors (Lipinski definition) is 1. The number of fused-ring (bicyclic) bond motifs is 1. The molecule has 1 N–H and O–H groups in total. The predicted molar refractivity (Wildman–Crippen MR) is 88.5 cm³/mol. The van der Waals surface area contributed by atoms with Crippen LogP contribution in [-0.2, 0) is 4.79 Å². The van der Waals surface area contributed by atoms with Gasteiger partial charge in [-0.25, -0.2) is 4.98 Å². The Balaban J connectivity index is 1.86. The highest BCUT2D eigenvalue weighted by atomic mass is 79.9. The van der Waals surface area contributed by atoms with E-state index in [9.17, 15) is 4.79 Å². The van der Waals surface area contributed by atoms with E-state index in [1.165, 1.54) is 0 Å². The second kappa shape index (κ2) is 6.02. The Morgan fingerprint density at radius 3 is 3.05 bits per heavy atom. The van der Waals surface area contributed by atoms with E-state index in [-0.39, 0.29) is 11.9 Å². The van der Waals surface area contributed by atoms with Crippen LogP contribution in [0.3, 0.4) is 0 Å². The van der Waals surface area contributed by atoms with Crippen molar-refractivity contribution in [1.29, 1.82) is 0 Å². The van der Waals surface area contributed by atoms with Crippen molar-refractivity contribution < 1.29 is 4.79 Å². The van der Waals surface area contributed by atoms with Crippen LogP contribution in [0.2, 0.25) is 0 Å². The molecule has 1 fully saturated rings. The number of hydrogen-bond acceptors (Lipinski definition) is 3. The number of para-hydroxylation sites is 1. The highest BCUT2D eigenvalue weighted by Gasteiger charge is 2.21. The molecule has 1 unspecified atom stereocenters. The van der Waals surface area contributed by atoms with E-state index in [2.05, 4.69) is 44.3 Å². The molecule has 1 aliphatic heterocycles. The quantitative estimate of drug-likeness (QED) is 0.907. The lowest BCUT2D eigenvalue weighted by atomic mass is 10.1. The molecule has 0 bridgehead atoms. The SMILES string of the molecule is CC(=O)NC1CCCN(c2ccc3cccc(Br)c3n2)C1. The van der Waals surface area contributed by atoms with Gasteiger partial charge in [0, 0.05) is 35.9 Å². The highest BCUT2D eigenvalue weighted by Crippen LogP contribution is 2.26. The van der Waals surface area contributed by atoms with Crippen LogP contribution in [0, 0.1) is 0 Å². The van der Waals surface area contributed by atoms with Gasteiger partial charge in [0.15, 0.2) is 0 Å². The molecule has 2 aromatic rings. The third-order valence-corrected chi connectivity index (χ3v) is 4.45. The van der Waals surface area contributed by atoms with Crippen LogP contribution in [-0.4, -0.2) is 30.0 Å². The summed E-state index contributed by atoms with van der Waals surface area (Å²) in [7, 11) is 0. The van der Waals surface area contributed by atoms with Crippen LogP contribution in [0.5, 0.6) is 0 Å². The number of nitrogens with one attached hydrogen (secondary N) is 1. The van der Waals surface area contributed by atoms with Crippen LogP contribution >= 0.6 is 15.9 Å². The molecule has 3 rings (SSSR count). The van der Waals surface area contributed by atoms with Crippen molar-refractivity contribution in [3.05, 3.63) is 34.8 Å². The lowest BCUT2D eigenvalue weighted by Crippen LogP contribution is -2.47. The highest BCUT2D eigenvalue weighted by molar-refractivity contribution is 9.10.